The second-order valence-electron chi connectivity index (χ2n) is 4.36. The molecular formula is C14H23N3O2. The van der Waals surface area contributed by atoms with E-state index in [4.69, 9.17) is 9.94 Å². The number of nitrogens with one attached hydrogen (secondary N) is 1. The summed E-state index contributed by atoms with van der Waals surface area (Å²) >= 11 is 0. The summed E-state index contributed by atoms with van der Waals surface area (Å²) in [6.07, 6.45) is 10.3. The number of pyridine rings is 1. The van der Waals surface area contributed by atoms with Gasteiger partial charge in [0.2, 0.25) is 5.88 Å². The Morgan fingerprint density at radius 3 is 2.74 bits per heavy atom. The zero-order valence-corrected chi connectivity index (χ0v) is 11.5. The van der Waals surface area contributed by atoms with Crippen LogP contribution in [-0.2, 0) is 0 Å². The monoisotopic (exact) mass is 265 g/mol. The van der Waals surface area contributed by atoms with E-state index in [1.165, 1.54) is 38.4 Å². The van der Waals surface area contributed by atoms with E-state index < -0.39 is 0 Å². The van der Waals surface area contributed by atoms with Gasteiger partial charge in [-0.05, 0) is 12.5 Å². The van der Waals surface area contributed by atoms with Crippen molar-refractivity contribution in [1.82, 2.24) is 10.5 Å². The highest BCUT2D eigenvalue weighted by atomic mass is 16.5. The molecule has 0 radical (unpaired) electrons. The first-order chi connectivity index (χ1) is 9.36. The van der Waals surface area contributed by atoms with Crippen molar-refractivity contribution >= 4 is 12.0 Å². The molecule has 0 aromatic carbocycles. The number of ether oxygens (including phenoxy) is 1. The van der Waals surface area contributed by atoms with Crippen LogP contribution in [-0.4, -0.2) is 23.1 Å². The quantitative estimate of drug-likeness (QED) is 0.294. The number of hydrogen-bond donors (Lipinski definition) is 2. The molecule has 0 aliphatic rings. The minimum Gasteiger partial charge on any atom is -0.478 e. The fraction of sp³-hybridized carbons (Fsp3) is 0.571. The summed E-state index contributed by atoms with van der Waals surface area (Å²) in [5, 5.41) is 8.36. The molecule has 0 atom stereocenters. The number of nitrogens with zero attached hydrogens (tertiary/aromatic N) is 2. The highest BCUT2D eigenvalue weighted by Crippen LogP contribution is 2.14. The molecule has 19 heavy (non-hydrogen) atoms. The number of hydrogen-bond acceptors (Lipinski definition) is 4. The van der Waals surface area contributed by atoms with E-state index in [0.717, 1.165) is 6.42 Å². The smallest absolute Gasteiger partial charge is 0.213 e. The topological polar surface area (TPSA) is 66.7 Å². The molecule has 1 rings (SSSR count). The van der Waals surface area contributed by atoms with Crippen molar-refractivity contribution in [2.75, 3.05) is 6.61 Å². The van der Waals surface area contributed by atoms with Gasteiger partial charge in [0, 0.05) is 6.07 Å². The van der Waals surface area contributed by atoms with Crippen LogP contribution in [0.4, 0.5) is 5.69 Å². The number of aliphatic imine (C=N–C) groups is 1. The lowest BCUT2D eigenvalue weighted by Crippen LogP contribution is -2.01. The van der Waals surface area contributed by atoms with Crippen LogP contribution >= 0.6 is 0 Å². The summed E-state index contributed by atoms with van der Waals surface area (Å²) < 4.78 is 5.54. The molecule has 0 amide bonds. The second kappa shape index (κ2) is 10.3. The highest BCUT2D eigenvalue weighted by molar-refractivity contribution is 5.59. The predicted octanol–water partition coefficient (Wildman–Crippen LogP) is 3.46. The molecule has 0 unspecified atom stereocenters. The summed E-state index contributed by atoms with van der Waals surface area (Å²) in [4.78, 5) is 8.03. The molecule has 1 heterocycles. The van der Waals surface area contributed by atoms with Crippen molar-refractivity contribution in [1.29, 1.82) is 0 Å². The molecule has 0 saturated carbocycles. The third-order valence-corrected chi connectivity index (χ3v) is 2.74. The van der Waals surface area contributed by atoms with Crippen molar-refractivity contribution in [3.63, 3.8) is 0 Å². The Kier molecular flexibility index (Phi) is 8.38. The molecular weight excluding hydrogens is 242 g/mol. The van der Waals surface area contributed by atoms with E-state index in [1.54, 1.807) is 18.3 Å². The fourth-order valence-corrected chi connectivity index (χ4v) is 1.70. The van der Waals surface area contributed by atoms with Crippen LogP contribution in [0.5, 0.6) is 5.88 Å². The van der Waals surface area contributed by atoms with Gasteiger partial charge in [-0.2, -0.15) is 0 Å². The molecule has 0 saturated heterocycles. The minimum absolute atomic E-state index is 0.615. The molecule has 0 fully saturated rings. The molecule has 0 spiro atoms. The van der Waals surface area contributed by atoms with Crippen LogP contribution in [0, 0.1) is 0 Å². The van der Waals surface area contributed by atoms with Crippen molar-refractivity contribution in [2.24, 2.45) is 4.99 Å². The van der Waals surface area contributed by atoms with Crippen LogP contribution in [0.3, 0.4) is 0 Å². The molecule has 5 nitrogen and oxygen atoms in total. The SMILES string of the molecule is CCCCCCCCOc1ccc(N=CNO)cn1. The van der Waals surface area contributed by atoms with Gasteiger partial charge in [-0.15, -0.1) is 0 Å². The zero-order valence-electron chi connectivity index (χ0n) is 11.5. The normalized spacial score (nSPS) is 10.8. The molecule has 5 heteroatoms. The Bertz CT molecular complexity index is 352. The minimum atomic E-state index is 0.615. The van der Waals surface area contributed by atoms with Crippen LogP contribution in [0.15, 0.2) is 23.3 Å². The molecule has 0 aliphatic heterocycles. The lowest BCUT2D eigenvalue weighted by molar-refractivity contribution is 0.240. The molecule has 1 aromatic rings. The van der Waals surface area contributed by atoms with E-state index in [0.29, 0.717) is 18.2 Å². The Labute approximate surface area is 114 Å². The van der Waals surface area contributed by atoms with Gasteiger partial charge in [-0.1, -0.05) is 39.0 Å². The average Bonchev–Trinajstić information content (AvgIpc) is 2.45. The highest BCUT2D eigenvalue weighted by Gasteiger charge is 1.96. The van der Waals surface area contributed by atoms with Crippen LogP contribution < -0.4 is 10.2 Å². The van der Waals surface area contributed by atoms with Gasteiger partial charge in [0.1, 0.15) is 6.34 Å². The van der Waals surface area contributed by atoms with Gasteiger partial charge in [0.25, 0.3) is 0 Å². The number of aromatic nitrogens is 1. The van der Waals surface area contributed by atoms with Crippen molar-refractivity contribution in [2.45, 2.75) is 45.4 Å². The van der Waals surface area contributed by atoms with E-state index in [9.17, 15) is 0 Å². The van der Waals surface area contributed by atoms with Gasteiger partial charge in [-0.3, -0.25) is 10.7 Å². The van der Waals surface area contributed by atoms with Crippen LogP contribution in [0.1, 0.15) is 45.4 Å². The van der Waals surface area contributed by atoms with E-state index in [-0.39, 0.29) is 0 Å². The van der Waals surface area contributed by atoms with Crippen molar-refractivity contribution < 1.29 is 9.94 Å². The van der Waals surface area contributed by atoms with Gasteiger partial charge < -0.3 is 4.74 Å². The maximum Gasteiger partial charge on any atom is 0.213 e. The summed E-state index contributed by atoms with van der Waals surface area (Å²) in [7, 11) is 0. The van der Waals surface area contributed by atoms with Gasteiger partial charge in [-0.25, -0.2) is 9.98 Å². The Morgan fingerprint density at radius 2 is 2.05 bits per heavy atom. The zero-order chi connectivity index (χ0) is 13.8. The first-order valence-corrected chi connectivity index (χ1v) is 6.88. The van der Waals surface area contributed by atoms with Crippen molar-refractivity contribution in [3.05, 3.63) is 18.3 Å². The number of unbranched alkanes of at least 4 members (excludes halogenated alkanes) is 5. The summed E-state index contributed by atoms with van der Waals surface area (Å²) in [5.41, 5.74) is 2.50. The largest absolute Gasteiger partial charge is 0.478 e. The molecule has 1 aromatic heterocycles. The molecule has 106 valence electrons. The maximum atomic E-state index is 8.36. The van der Waals surface area contributed by atoms with Crippen LogP contribution in [0.2, 0.25) is 0 Å². The van der Waals surface area contributed by atoms with Gasteiger partial charge in [0.15, 0.2) is 0 Å². The Balaban J connectivity index is 2.14. The number of rotatable bonds is 10. The predicted molar refractivity (Wildman–Crippen MR) is 76.2 cm³/mol. The van der Waals surface area contributed by atoms with Gasteiger partial charge in [0.05, 0.1) is 18.5 Å². The average molecular weight is 265 g/mol. The van der Waals surface area contributed by atoms with Crippen molar-refractivity contribution in [3.8, 4) is 5.88 Å². The van der Waals surface area contributed by atoms with E-state index >= 15 is 0 Å². The second-order valence-corrected chi connectivity index (χ2v) is 4.36. The first-order valence-electron chi connectivity index (χ1n) is 6.88. The first kappa shape index (κ1) is 15.4. The molecule has 2 N–H and O–H groups in total. The third kappa shape index (κ3) is 7.41. The fourth-order valence-electron chi connectivity index (χ4n) is 1.70. The van der Waals surface area contributed by atoms with E-state index in [1.807, 2.05) is 5.48 Å². The lowest BCUT2D eigenvalue weighted by atomic mass is 10.1. The third-order valence-electron chi connectivity index (χ3n) is 2.74. The van der Waals surface area contributed by atoms with Crippen LogP contribution in [0.25, 0.3) is 0 Å². The summed E-state index contributed by atoms with van der Waals surface area (Å²) in [5.74, 6) is 0.615. The lowest BCUT2D eigenvalue weighted by Gasteiger charge is -2.05. The van der Waals surface area contributed by atoms with E-state index in [2.05, 4.69) is 16.9 Å². The maximum absolute atomic E-state index is 8.36. The Hall–Kier alpha value is -1.62. The number of hydroxylamine groups is 1. The Morgan fingerprint density at radius 1 is 1.26 bits per heavy atom. The summed E-state index contributed by atoms with van der Waals surface area (Å²) in [6.45, 7) is 2.93. The summed E-state index contributed by atoms with van der Waals surface area (Å²) in [6, 6.07) is 3.57. The van der Waals surface area contributed by atoms with Gasteiger partial charge >= 0.3 is 0 Å². The molecule has 0 aliphatic carbocycles. The standard InChI is InChI=1S/C14H23N3O2/c1-2-3-4-5-6-7-10-19-14-9-8-13(11-15-14)16-12-17-18/h8-9,11-12,18H,2-7,10H2,1H3,(H,16,17). The molecule has 0 bridgehead atoms.